The molecule has 0 bridgehead atoms. The van der Waals surface area contributed by atoms with Crippen LogP contribution in [0, 0.1) is 18.8 Å². The number of anilines is 2. The first-order chi connectivity index (χ1) is 12.2. The summed E-state index contributed by atoms with van der Waals surface area (Å²) in [5.41, 5.74) is 0.937. The topological polar surface area (TPSA) is 58.2 Å². The third-order valence-electron chi connectivity index (χ3n) is 4.24. The zero-order valence-corrected chi connectivity index (χ0v) is 13.9. The largest absolute Gasteiger partial charge is 0.416 e. The summed E-state index contributed by atoms with van der Waals surface area (Å²) in [5.74, 6) is -1.72. The fraction of sp³-hybridized carbons (Fsp3) is 0.263. The highest BCUT2D eigenvalue weighted by Crippen LogP contribution is 2.40. The van der Waals surface area contributed by atoms with Crippen molar-refractivity contribution in [3.8, 4) is 0 Å². The number of nitrogens with one attached hydrogen (secondary N) is 2. The molecule has 136 valence electrons. The Morgan fingerprint density at radius 1 is 0.923 bits per heavy atom. The number of benzene rings is 2. The number of aryl methyl sites for hydroxylation is 1. The Morgan fingerprint density at radius 3 is 2.08 bits per heavy atom. The third kappa shape index (κ3) is 4.22. The second-order valence-corrected chi connectivity index (χ2v) is 6.37. The normalized spacial score (nSPS) is 18.9. The molecular weight excluding hydrogens is 345 g/mol. The van der Waals surface area contributed by atoms with Gasteiger partial charge in [0.15, 0.2) is 0 Å². The number of hydrogen-bond donors (Lipinski definition) is 2. The maximum absolute atomic E-state index is 12.7. The zero-order chi connectivity index (χ0) is 18.9. The van der Waals surface area contributed by atoms with Crippen molar-refractivity contribution in [1.82, 2.24) is 0 Å². The van der Waals surface area contributed by atoms with Gasteiger partial charge in [-0.1, -0.05) is 23.8 Å². The van der Waals surface area contributed by atoms with E-state index in [1.807, 2.05) is 19.1 Å². The molecule has 2 atom stereocenters. The van der Waals surface area contributed by atoms with Gasteiger partial charge >= 0.3 is 6.18 Å². The van der Waals surface area contributed by atoms with E-state index in [1.165, 1.54) is 12.1 Å². The Hall–Kier alpha value is -2.83. The highest BCUT2D eigenvalue weighted by atomic mass is 19.4. The average Bonchev–Trinajstić information content (AvgIpc) is 3.37. The summed E-state index contributed by atoms with van der Waals surface area (Å²) in [4.78, 5) is 24.3. The van der Waals surface area contributed by atoms with Crippen molar-refractivity contribution in [1.29, 1.82) is 0 Å². The quantitative estimate of drug-likeness (QED) is 0.855. The molecule has 1 aliphatic rings. The molecule has 26 heavy (non-hydrogen) atoms. The van der Waals surface area contributed by atoms with Crippen molar-refractivity contribution in [2.75, 3.05) is 10.6 Å². The van der Waals surface area contributed by atoms with E-state index in [9.17, 15) is 22.8 Å². The number of halogens is 3. The van der Waals surface area contributed by atoms with Crippen LogP contribution in [0.4, 0.5) is 24.5 Å². The molecule has 7 heteroatoms. The van der Waals surface area contributed by atoms with Crippen molar-refractivity contribution in [3.05, 3.63) is 59.7 Å². The summed E-state index contributed by atoms with van der Waals surface area (Å²) in [6.07, 6.45) is -4.10. The molecule has 0 aromatic heterocycles. The molecule has 2 unspecified atom stereocenters. The predicted molar refractivity (Wildman–Crippen MR) is 91.5 cm³/mol. The van der Waals surface area contributed by atoms with Gasteiger partial charge in [0.2, 0.25) is 11.8 Å². The lowest BCUT2D eigenvalue weighted by atomic mass is 10.2. The van der Waals surface area contributed by atoms with Gasteiger partial charge in [-0.15, -0.1) is 0 Å². The van der Waals surface area contributed by atoms with Gasteiger partial charge in [-0.3, -0.25) is 9.59 Å². The minimum Gasteiger partial charge on any atom is -0.326 e. The van der Waals surface area contributed by atoms with E-state index in [1.54, 1.807) is 12.1 Å². The fourth-order valence-electron chi connectivity index (χ4n) is 2.65. The van der Waals surface area contributed by atoms with Crippen molar-refractivity contribution >= 4 is 23.2 Å². The van der Waals surface area contributed by atoms with Crippen molar-refractivity contribution < 1.29 is 22.8 Å². The summed E-state index contributed by atoms with van der Waals surface area (Å²) >= 11 is 0. The molecule has 1 aliphatic carbocycles. The Kier molecular flexibility index (Phi) is 4.71. The van der Waals surface area contributed by atoms with E-state index in [-0.39, 0.29) is 11.6 Å². The monoisotopic (exact) mass is 362 g/mol. The highest BCUT2D eigenvalue weighted by molar-refractivity contribution is 6.03. The van der Waals surface area contributed by atoms with Crippen LogP contribution in [0.2, 0.25) is 0 Å². The Labute approximate surface area is 148 Å². The second kappa shape index (κ2) is 6.82. The van der Waals surface area contributed by atoms with Crippen LogP contribution in [0.25, 0.3) is 0 Å². The summed E-state index contributed by atoms with van der Waals surface area (Å²) in [6.45, 7) is 1.93. The van der Waals surface area contributed by atoms with Crippen LogP contribution >= 0.6 is 0 Å². The third-order valence-corrected chi connectivity index (χ3v) is 4.24. The van der Waals surface area contributed by atoms with E-state index in [0.29, 0.717) is 12.1 Å². The summed E-state index contributed by atoms with van der Waals surface area (Å²) < 4.78 is 38.1. The van der Waals surface area contributed by atoms with Gasteiger partial charge in [0.05, 0.1) is 17.4 Å². The first-order valence-electron chi connectivity index (χ1n) is 8.10. The van der Waals surface area contributed by atoms with E-state index in [2.05, 4.69) is 10.6 Å². The van der Waals surface area contributed by atoms with Crippen molar-refractivity contribution in [3.63, 3.8) is 0 Å². The first-order valence-corrected chi connectivity index (χ1v) is 8.10. The van der Waals surface area contributed by atoms with E-state index in [0.717, 1.165) is 17.7 Å². The molecule has 2 N–H and O–H groups in total. The maximum atomic E-state index is 12.7. The number of amides is 2. The lowest BCUT2D eigenvalue weighted by molar-refractivity contribution is -0.137. The minimum atomic E-state index is -4.48. The molecular formula is C19H17F3N2O2. The molecule has 1 saturated carbocycles. The molecule has 3 rings (SSSR count). The number of rotatable bonds is 4. The van der Waals surface area contributed by atoms with E-state index in [4.69, 9.17) is 0 Å². The average molecular weight is 362 g/mol. The van der Waals surface area contributed by atoms with Crippen LogP contribution in [-0.2, 0) is 15.8 Å². The van der Waals surface area contributed by atoms with Gasteiger partial charge in [0.1, 0.15) is 0 Å². The van der Waals surface area contributed by atoms with Crippen molar-refractivity contribution in [2.24, 2.45) is 11.8 Å². The van der Waals surface area contributed by atoms with Gasteiger partial charge in [-0.05, 0) is 43.7 Å². The molecule has 0 radical (unpaired) electrons. The second-order valence-electron chi connectivity index (χ2n) is 6.37. The van der Waals surface area contributed by atoms with Crippen molar-refractivity contribution in [2.45, 2.75) is 19.5 Å². The number of carbonyl (C=O) groups excluding carboxylic acids is 2. The Morgan fingerprint density at radius 2 is 1.50 bits per heavy atom. The fourth-order valence-corrected chi connectivity index (χ4v) is 2.65. The van der Waals surface area contributed by atoms with E-state index < -0.39 is 29.5 Å². The number of hydrogen-bond acceptors (Lipinski definition) is 2. The van der Waals surface area contributed by atoms with Crippen LogP contribution < -0.4 is 10.6 Å². The smallest absolute Gasteiger partial charge is 0.326 e. The minimum absolute atomic E-state index is 0.0643. The Balaban J connectivity index is 1.57. The molecule has 0 saturated heterocycles. The molecule has 2 aromatic carbocycles. The maximum Gasteiger partial charge on any atom is 0.416 e. The summed E-state index contributed by atoms with van der Waals surface area (Å²) in [5, 5.41) is 5.19. The van der Waals surface area contributed by atoms with Gasteiger partial charge in [-0.2, -0.15) is 13.2 Å². The Bertz CT molecular complexity index is 831. The van der Waals surface area contributed by atoms with Gasteiger partial charge in [0.25, 0.3) is 0 Å². The predicted octanol–water partition coefficient (Wildman–Crippen LogP) is 4.23. The number of carbonyl (C=O) groups is 2. The van der Waals surface area contributed by atoms with Crippen LogP contribution in [-0.4, -0.2) is 11.8 Å². The lowest BCUT2D eigenvalue weighted by Crippen LogP contribution is -2.20. The first kappa shape index (κ1) is 18.0. The van der Waals surface area contributed by atoms with Crippen LogP contribution in [0.1, 0.15) is 17.5 Å². The standard InChI is InChI=1S/C19H17F3N2O2/c1-11-5-7-13(8-6-11)23-17(25)15-10-16(15)18(26)24-14-4-2-3-12(9-14)19(20,21)22/h2-9,15-16H,10H2,1H3,(H,23,25)(H,24,26). The van der Waals surface area contributed by atoms with E-state index >= 15 is 0 Å². The van der Waals surface area contributed by atoms with Gasteiger partial charge in [0, 0.05) is 11.4 Å². The SMILES string of the molecule is Cc1ccc(NC(=O)C2CC2C(=O)Nc2cccc(C(F)(F)F)c2)cc1. The molecule has 2 aromatic rings. The number of alkyl halides is 3. The highest BCUT2D eigenvalue weighted by Gasteiger charge is 2.48. The molecule has 2 amide bonds. The molecule has 0 heterocycles. The van der Waals surface area contributed by atoms with Crippen LogP contribution in [0.15, 0.2) is 48.5 Å². The van der Waals surface area contributed by atoms with Crippen LogP contribution in [0.5, 0.6) is 0 Å². The molecule has 0 spiro atoms. The molecule has 4 nitrogen and oxygen atoms in total. The summed E-state index contributed by atoms with van der Waals surface area (Å²) in [7, 11) is 0. The van der Waals surface area contributed by atoms with Gasteiger partial charge < -0.3 is 10.6 Å². The zero-order valence-electron chi connectivity index (χ0n) is 13.9. The van der Waals surface area contributed by atoms with Crippen LogP contribution in [0.3, 0.4) is 0 Å². The van der Waals surface area contributed by atoms with Gasteiger partial charge in [-0.25, -0.2) is 0 Å². The molecule has 1 fully saturated rings. The lowest BCUT2D eigenvalue weighted by Gasteiger charge is -2.10. The summed E-state index contributed by atoms with van der Waals surface area (Å²) in [6, 6.07) is 11.7. The molecule has 0 aliphatic heterocycles.